The molecular weight excluding hydrogens is 446 g/mol. The summed E-state index contributed by atoms with van der Waals surface area (Å²) in [7, 11) is 0. The fourth-order valence-corrected chi connectivity index (χ4v) is 4.32. The number of anilines is 2. The van der Waals surface area contributed by atoms with Crippen molar-refractivity contribution in [3.63, 3.8) is 0 Å². The van der Waals surface area contributed by atoms with Crippen LogP contribution in [0.5, 0.6) is 0 Å². The number of hydrogen-bond acceptors (Lipinski definition) is 4. The van der Waals surface area contributed by atoms with Crippen LogP contribution in [-0.4, -0.2) is 23.0 Å². The summed E-state index contributed by atoms with van der Waals surface area (Å²) in [6.07, 6.45) is 0. The zero-order chi connectivity index (χ0) is 24.1. The van der Waals surface area contributed by atoms with Gasteiger partial charge in [-0.3, -0.25) is 14.4 Å². The molecule has 6 nitrogen and oxygen atoms in total. The zero-order valence-electron chi connectivity index (χ0n) is 18.4. The zero-order valence-corrected chi connectivity index (χ0v) is 19.3. The largest absolute Gasteiger partial charge is 0.366 e. The number of primary amides is 1. The second-order valence-electron chi connectivity index (χ2n) is 7.70. The molecule has 3 amide bonds. The second kappa shape index (κ2) is 10.2. The van der Waals surface area contributed by atoms with Gasteiger partial charge < -0.3 is 16.4 Å². The van der Waals surface area contributed by atoms with E-state index in [0.29, 0.717) is 16.9 Å². The van der Waals surface area contributed by atoms with Crippen molar-refractivity contribution >= 4 is 51.6 Å². The van der Waals surface area contributed by atoms with Crippen molar-refractivity contribution < 1.29 is 14.4 Å². The molecule has 4 aromatic rings. The molecule has 0 saturated carbocycles. The van der Waals surface area contributed by atoms with Gasteiger partial charge in [0.15, 0.2) is 0 Å². The van der Waals surface area contributed by atoms with Crippen LogP contribution in [0.25, 0.3) is 10.8 Å². The van der Waals surface area contributed by atoms with E-state index in [-0.39, 0.29) is 17.4 Å². The first-order chi connectivity index (χ1) is 16.4. The van der Waals surface area contributed by atoms with Crippen molar-refractivity contribution in [1.29, 1.82) is 0 Å². The van der Waals surface area contributed by atoms with E-state index in [2.05, 4.69) is 10.6 Å². The highest BCUT2D eigenvalue weighted by molar-refractivity contribution is 8.00. The second-order valence-corrected chi connectivity index (χ2v) is 9.11. The van der Waals surface area contributed by atoms with Gasteiger partial charge in [-0.25, -0.2) is 0 Å². The molecule has 34 heavy (non-hydrogen) atoms. The van der Waals surface area contributed by atoms with Gasteiger partial charge in [0.05, 0.1) is 16.5 Å². The summed E-state index contributed by atoms with van der Waals surface area (Å²) in [4.78, 5) is 37.7. The SMILES string of the molecule is CC(Sc1ccc(NC(=O)c2ccc3ccccc3c2)cc1)C(=O)Nc1ccccc1C(N)=O. The third-order valence-electron chi connectivity index (χ3n) is 5.26. The molecule has 0 aromatic heterocycles. The molecule has 0 saturated heterocycles. The number of nitrogens with two attached hydrogens (primary N) is 1. The van der Waals surface area contributed by atoms with Gasteiger partial charge in [0.1, 0.15) is 0 Å². The van der Waals surface area contributed by atoms with Crippen molar-refractivity contribution in [2.24, 2.45) is 5.73 Å². The Morgan fingerprint density at radius 2 is 1.47 bits per heavy atom. The quantitative estimate of drug-likeness (QED) is 0.319. The lowest BCUT2D eigenvalue weighted by Crippen LogP contribution is -2.24. The standard InChI is InChI=1S/C27H23N3O3S/c1-17(26(32)30-24-9-5-4-8-23(24)25(28)31)34-22-14-12-21(13-15-22)29-27(33)20-11-10-18-6-2-3-7-19(18)16-20/h2-17H,1H3,(H2,28,31)(H,29,33)(H,30,32). The highest BCUT2D eigenvalue weighted by Crippen LogP contribution is 2.26. The van der Waals surface area contributed by atoms with Gasteiger partial charge in [-0.05, 0) is 66.2 Å². The first kappa shape index (κ1) is 23.1. The fraction of sp³-hybridized carbons (Fsp3) is 0.0741. The summed E-state index contributed by atoms with van der Waals surface area (Å²) in [6, 6.07) is 27.4. The number of para-hydroxylation sites is 1. The molecule has 0 bridgehead atoms. The fourth-order valence-electron chi connectivity index (χ4n) is 3.45. The molecule has 4 N–H and O–H groups in total. The Kier molecular flexibility index (Phi) is 6.94. The highest BCUT2D eigenvalue weighted by atomic mass is 32.2. The maximum absolute atomic E-state index is 12.7. The predicted octanol–water partition coefficient (Wildman–Crippen LogP) is 5.31. The summed E-state index contributed by atoms with van der Waals surface area (Å²) in [5.41, 5.74) is 7.27. The number of hydrogen-bond donors (Lipinski definition) is 3. The molecular formula is C27H23N3O3S. The van der Waals surface area contributed by atoms with Gasteiger partial charge in [0.2, 0.25) is 5.91 Å². The number of benzene rings is 4. The van der Waals surface area contributed by atoms with Gasteiger partial charge in [-0.1, -0.05) is 42.5 Å². The number of carbonyl (C=O) groups excluding carboxylic acids is 3. The van der Waals surface area contributed by atoms with Crippen molar-refractivity contribution in [2.75, 3.05) is 10.6 Å². The Balaban J connectivity index is 1.37. The molecule has 4 rings (SSSR count). The van der Waals surface area contributed by atoms with E-state index < -0.39 is 11.2 Å². The number of carbonyl (C=O) groups is 3. The van der Waals surface area contributed by atoms with Crippen LogP contribution in [0.2, 0.25) is 0 Å². The molecule has 0 aliphatic carbocycles. The van der Waals surface area contributed by atoms with Crippen molar-refractivity contribution in [1.82, 2.24) is 0 Å². The van der Waals surface area contributed by atoms with E-state index in [1.807, 2.05) is 48.5 Å². The third kappa shape index (κ3) is 5.44. The van der Waals surface area contributed by atoms with E-state index in [1.54, 1.807) is 49.4 Å². The molecule has 0 aliphatic heterocycles. The van der Waals surface area contributed by atoms with Crippen LogP contribution >= 0.6 is 11.8 Å². The summed E-state index contributed by atoms with van der Waals surface area (Å²) in [5.74, 6) is -1.03. The normalized spacial score (nSPS) is 11.6. The molecule has 170 valence electrons. The molecule has 0 aliphatic rings. The minimum absolute atomic E-state index is 0.188. The summed E-state index contributed by atoms with van der Waals surface area (Å²) >= 11 is 1.37. The van der Waals surface area contributed by atoms with E-state index in [4.69, 9.17) is 5.73 Å². The van der Waals surface area contributed by atoms with E-state index >= 15 is 0 Å². The third-order valence-corrected chi connectivity index (χ3v) is 6.37. The van der Waals surface area contributed by atoms with Crippen LogP contribution in [-0.2, 0) is 4.79 Å². The predicted molar refractivity (Wildman–Crippen MR) is 137 cm³/mol. The van der Waals surface area contributed by atoms with Crippen molar-refractivity contribution in [3.05, 3.63) is 102 Å². The first-order valence-corrected chi connectivity index (χ1v) is 11.6. The molecule has 1 atom stereocenters. The molecule has 0 heterocycles. The lowest BCUT2D eigenvalue weighted by Gasteiger charge is -2.14. The smallest absolute Gasteiger partial charge is 0.255 e. The molecule has 0 fully saturated rings. The molecule has 1 unspecified atom stereocenters. The molecule has 4 aromatic carbocycles. The van der Waals surface area contributed by atoms with Gasteiger partial charge in [0, 0.05) is 16.1 Å². The average Bonchev–Trinajstić information content (AvgIpc) is 2.85. The van der Waals surface area contributed by atoms with Crippen LogP contribution in [0.3, 0.4) is 0 Å². The lowest BCUT2D eigenvalue weighted by molar-refractivity contribution is -0.115. The highest BCUT2D eigenvalue weighted by Gasteiger charge is 2.17. The minimum Gasteiger partial charge on any atom is -0.366 e. The van der Waals surface area contributed by atoms with Crippen LogP contribution in [0, 0.1) is 0 Å². The van der Waals surface area contributed by atoms with E-state index in [9.17, 15) is 14.4 Å². The van der Waals surface area contributed by atoms with Crippen molar-refractivity contribution in [2.45, 2.75) is 17.1 Å². The van der Waals surface area contributed by atoms with Gasteiger partial charge in [0.25, 0.3) is 11.8 Å². The van der Waals surface area contributed by atoms with Gasteiger partial charge in [-0.15, -0.1) is 11.8 Å². The van der Waals surface area contributed by atoms with Crippen molar-refractivity contribution in [3.8, 4) is 0 Å². The molecule has 7 heteroatoms. The monoisotopic (exact) mass is 469 g/mol. The summed E-state index contributed by atoms with van der Waals surface area (Å²) in [6.45, 7) is 1.78. The first-order valence-electron chi connectivity index (χ1n) is 10.7. The topological polar surface area (TPSA) is 101 Å². The van der Waals surface area contributed by atoms with Crippen LogP contribution < -0.4 is 16.4 Å². The van der Waals surface area contributed by atoms with E-state index in [0.717, 1.165) is 15.7 Å². The number of fused-ring (bicyclic) bond motifs is 1. The average molecular weight is 470 g/mol. The maximum Gasteiger partial charge on any atom is 0.255 e. The van der Waals surface area contributed by atoms with Crippen LogP contribution in [0.4, 0.5) is 11.4 Å². The van der Waals surface area contributed by atoms with E-state index in [1.165, 1.54) is 11.8 Å². The number of nitrogens with one attached hydrogen (secondary N) is 2. The Hall–Kier alpha value is -4.10. The Morgan fingerprint density at radius 3 is 2.21 bits per heavy atom. The van der Waals surface area contributed by atoms with Crippen LogP contribution in [0.15, 0.2) is 95.9 Å². The van der Waals surface area contributed by atoms with Gasteiger partial charge in [-0.2, -0.15) is 0 Å². The minimum atomic E-state index is -0.600. The Bertz CT molecular complexity index is 1370. The van der Waals surface area contributed by atoms with Gasteiger partial charge >= 0.3 is 0 Å². The molecule has 0 radical (unpaired) electrons. The maximum atomic E-state index is 12.7. The Labute approximate surface area is 201 Å². The summed E-state index contributed by atoms with van der Waals surface area (Å²) in [5, 5.41) is 7.34. The Morgan fingerprint density at radius 1 is 0.794 bits per heavy atom. The lowest BCUT2D eigenvalue weighted by atomic mass is 10.1. The number of thioether (sulfide) groups is 1. The van der Waals surface area contributed by atoms with Crippen LogP contribution in [0.1, 0.15) is 27.6 Å². The number of amides is 3. The summed E-state index contributed by atoms with van der Waals surface area (Å²) < 4.78 is 0. The molecule has 0 spiro atoms. The number of rotatable bonds is 7.